The number of ether oxygens (including phenoxy) is 1. The van der Waals surface area contributed by atoms with Gasteiger partial charge in [0.1, 0.15) is 0 Å². The van der Waals surface area contributed by atoms with Crippen molar-refractivity contribution in [2.45, 2.75) is 38.4 Å². The Morgan fingerprint density at radius 3 is 2.91 bits per heavy atom. The highest BCUT2D eigenvalue weighted by Gasteiger charge is 2.11. The molecule has 6 heteroatoms. The highest BCUT2D eigenvalue weighted by Crippen LogP contribution is 2.21. The van der Waals surface area contributed by atoms with Crippen LogP contribution in [0.1, 0.15) is 26.7 Å². The van der Waals surface area contributed by atoms with Crippen LogP contribution in [-0.4, -0.2) is 28.5 Å². The molecule has 0 saturated heterocycles. The second-order valence-electron chi connectivity index (χ2n) is 4.91. The number of thioether (sulfide) groups is 1. The molecular formula is C16H21BrN2O2S. The van der Waals surface area contributed by atoms with Gasteiger partial charge in [-0.2, -0.15) is 0 Å². The number of hydrogen-bond donors (Lipinski definition) is 0. The third-order valence-corrected chi connectivity index (χ3v) is 4.87. The summed E-state index contributed by atoms with van der Waals surface area (Å²) in [6, 6.07) is 5.65. The van der Waals surface area contributed by atoms with Gasteiger partial charge in [0.05, 0.1) is 10.9 Å². The quantitative estimate of drug-likeness (QED) is 0.390. The lowest BCUT2D eigenvalue weighted by molar-refractivity contribution is 0.140. The summed E-state index contributed by atoms with van der Waals surface area (Å²) in [5.41, 5.74) is 0.786. The summed E-state index contributed by atoms with van der Waals surface area (Å²) < 4.78 is 8.06. The van der Waals surface area contributed by atoms with Crippen molar-refractivity contribution in [3.63, 3.8) is 0 Å². The minimum atomic E-state index is 0.0291. The molecule has 0 aliphatic rings. The zero-order valence-electron chi connectivity index (χ0n) is 13.0. The number of rotatable bonds is 8. The summed E-state index contributed by atoms with van der Waals surface area (Å²) in [5.74, 6) is 0.958. The summed E-state index contributed by atoms with van der Waals surface area (Å²) in [6.07, 6.45) is 1.87. The molecule has 0 saturated carbocycles. The lowest BCUT2D eigenvalue weighted by atomic mass is 10.2. The Bertz CT molecular complexity index is 688. The van der Waals surface area contributed by atoms with E-state index < -0.39 is 0 Å². The highest BCUT2D eigenvalue weighted by molar-refractivity contribution is 9.10. The molecule has 0 aliphatic heterocycles. The van der Waals surface area contributed by atoms with E-state index in [2.05, 4.69) is 27.8 Å². The van der Waals surface area contributed by atoms with E-state index in [0.29, 0.717) is 25.1 Å². The minimum Gasteiger partial charge on any atom is -0.382 e. The van der Waals surface area contributed by atoms with Crippen LogP contribution in [0.3, 0.4) is 0 Å². The van der Waals surface area contributed by atoms with Gasteiger partial charge in [-0.05, 0) is 38.0 Å². The predicted octanol–water partition coefficient (Wildman–Crippen LogP) is 4.09. The van der Waals surface area contributed by atoms with E-state index in [0.717, 1.165) is 33.7 Å². The topological polar surface area (TPSA) is 44.1 Å². The van der Waals surface area contributed by atoms with Crippen LogP contribution in [0.25, 0.3) is 10.9 Å². The van der Waals surface area contributed by atoms with Crippen molar-refractivity contribution in [1.29, 1.82) is 0 Å². The van der Waals surface area contributed by atoms with E-state index in [9.17, 15) is 4.79 Å². The van der Waals surface area contributed by atoms with Gasteiger partial charge >= 0.3 is 0 Å². The summed E-state index contributed by atoms with van der Waals surface area (Å²) in [7, 11) is 0. The summed E-state index contributed by atoms with van der Waals surface area (Å²) >= 11 is 5.07. The van der Waals surface area contributed by atoms with Crippen LogP contribution in [0.2, 0.25) is 0 Å². The predicted molar refractivity (Wildman–Crippen MR) is 95.8 cm³/mol. The van der Waals surface area contributed by atoms with E-state index in [1.807, 2.05) is 25.1 Å². The molecule has 0 unspecified atom stereocenters. The van der Waals surface area contributed by atoms with Crippen molar-refractivity contribution in [1.82, 2.24) is 9.55 Å². The van der Waals surface area contributed by atoms with Gasteiger partial charge in [0.25, 0.3) is 5.56 Å². The summed E-state index contributed by atoms with van der Waals surface area (Å²) in [5, 5.41) is 1.46. The van der Waals surface area contributed by atoms with E-state index in [-0.39, 0.29) is 5.56 Å². The first-order valence-electron chi connectivity index (χ1n) is 7.58. The normalized spacial score (nSPS) is 11.2. The number of fused-ring (bicyclic) bond motifs is 1. The number of aromatic nitrogens is 2. The van der Waals surface area contributed by atoms with Gasteiger partial charge in [-0.1, -0.05) is 34.6 Å². The maximum Gasteiger partial charge on any atom is 0.262 e. The molecule has 0 aliphatic carbocycles. The molecule has 0 fully saturated rings. The summed E-state index contributed by atoms with van der Waals surface area (Å²) in [6.45, 7) is 6.11. The van der Waals surface area contributed by atoms with Crippen molar-refractivity contribution in [2.24, 2.45) is 0 Å². The average molecular weight is 385 g/mol. The SMILES string of the molecule is CCCSc1nc2ccc(Br)cc2c(=O)n1CCCOCC. The molecule has 22 heavy (non-hydrogen) atoms. The molecule has 120 valence electrons. The van der Waals surface area contributed by atoms with Gasteiger partial charge in [0.2, 0.25) is 0 Å². The standard InChI is InChI=1S/C16H21BrN2O2S/c1-3-10-22-16-18-14-7-6-12(17)11-13(14)15(20)19(16)8-5-9-21-4-2/h6-7,11H,3-5,8-10H2,1-2H3. The second-order valence-corrected chi connectivity index (χ2v) is 6.89. The van der Waals surface area contributed by atoms with Crippen LogP contribution in [0.5, 0.6) is 0 Å². The van der Waals surface area contributed by atoms with Gasteiger partial charge in [-0.25, -0.2) is 4.98 Å². The molecule has 1 heterocycles. The highest BCUT2D eigenvalue weighted by atomic mass is 79.9. The van der Waals surface area contributed by atoms with Crippen LogP contribution in [0.15, 0.2) is 32.6 Å². The molecule has 0 spiro atoms. The molecular weight excluding hydrogens is 364 g/mol. The number of nitrogens with zero attached hydrogens (tertiary/aromatic N) is 2. The van der Waals surface area contributed by atoms with Crippen molar-refractivity contribution < 1.29 is 4.74 Å². The molecule has 0 bridgehead atoms. The van der Waals surface area contributed by atoms with E-state index >= 15 is 0 Å². The number of halogens is 1. The molecule has 1 aromatic heterocycles. The van der Waals surface area contributed by atoms with E-state index in [1.54, 1.807) is 16.3 Å². The Labute approximate surface area is 143 Å². The third-order valence-electron chi connectivity index (χ3n) is 3.19. The van der Waals surface area contributed by atoms with Crippen molar-refractivity contribution in [2.75, 3.05) is 19.0 Å². The Hall–Kier alpha value is -0.850. The van der Waals surface area contributed by atoms with Crippen LogP contribution >= 0.6 is 27.7 Å². The first-order chi connectivity index (χ1) is 10.7. The first kappa shape index (κ1) is 17.5. The van der Waals surface area contributed by atoms with Gasteiger partial charge in [0.15, 0.2) is 5.16 Å². The van der Waals surface area contributed by atoms with Crippen LogP contribution in [0.4, 0.5) is 0 Å². The monoisotopic (exact) mass is 384 g/mol. The Balaban J connectivity index is 2.39. The first-order valence-corrected chi connectivity index (χ1v) is 9.35. The average Bonchev–Trinajstić information content (AvgIpc) is 2.52. The molecule has 0 atom stereocenters. The Morgan fingerprint density at radius 1 is 1.36 bits per heavy atom. The number of benzene rings is 1. The maximum atomic E-state index is 12.8. The fraction of sp³-hybridized carbons (Fsp3) is 0.500. The fourth-order valence-electron chi connectivity index (χ4n) is 2.14. The molecule has 0 N–H and O–H groups in total. The lowest BCUT2D eigenvalue weighted by Gasteiger charge is -2.13. The molecule has 0 radical (unpaired) electrons. The van der Waals surface area contributed by atoms with Crippen LogP contribution < -0.4 is 5.56 Å². The van der Waals surface area contributed by atoms with Gasteiger partial charge in [-0.3, -0.25) is 9.36 Å². The minimum absolute atomic E-state index is 0.0291. The maximum absolute atomic E-state index is 12.8. The molecule has 0 amide bonds. The molecule has 2 aromatic rings. The summed E-state index contributed by atoms with van der Waals surface area (Å²) in [4.78, 5) is 17.5. The second kappa shape index (κ2) is 8.70. The zero-order chi connectivity index (χ0) is 15.9. The Morgan fingerprint density at radius 2 is 2.18 bits per heavy atom. The van der Waals surface area contributed by atoms with Crippen molar-refractivity contribution in [3.8, 4) is 0 Å². The van der Waals surface area contributed by atoms with Crippen LogP contribution in [0, 0.1) is 0 Å². The van der Waals surface area contributed by atoms with Crippen LogP contribution in [-0.2, 0) is 11.3 Å². The smallest absolute Gasteiger partial charge is 0.262 e. The zero-order valence-corrected chi connectivity index (χ0v) is 15.4. The van der Waals surface area contributed by atoms with Gasteiger partial charge < -0.3 is 4.74 Å². The number of hydrogen-bond acceptors (Lipinski definition) is 4. The Kier molecular flexibility index (Phi) is 6.92. The van der Waals surface area contributed by atoms with E-state index in [4.69, 9.17) is 4.74 Å². The van der Waals surface area contributed by atoms with E-state index in [1.165, 1.54) is 0 Å². The lowest BCUT2D eigenvalue weighted by Crippen LogP contribution is -2.24. The largest absolute Gasteiger partial charge is 0.382 e. The molecule has 2 rings (SSSR count). The van der Waals surface area contributed by atoms with Gasteiger partial charge in [0, 0.05) is 30.0 Å². The molecule has 1 aromatic carbocycles. The molecule has 4 nitrogen and oxygen atoms in total. The van der Waals surface area contributed by atoms with Gasteiger partial charge in [-0.15, -0.1) is 0 Å². The van der Waals surface area contributed by atoms with Crippen molar-refractivity contribution in [3.05, 3.63) is 33.0 Å². The van der Waals surface area contributed by atoms with Crippen molar-refractivity contribution >= 4 is 38.6 Å². The third kappa shape index (κ3) is 4.33. The fourth-order valence-corrected chi connectivity index (χ4v) is 3.38.